The number of hydrogen-bond donors (Lipinski definition) is 2. The van der Waals surface area contributed by atoms with Crippen molar-refractivity contribution in [3.8, 4) is 0 Å². The maximum Gasteiger partial charge on any atom is 0.191 e. The lowest BCUT2D eigenvalue weighted by Gasteiger charge is -2.42. The van der Waals surface area contributed by atoms with Gasteiger partial charge in [0.2, 0.25) is 0 Å². The number of aliphatic imine (C=N–C) groups is 1. The molecule has 0 saturated carbocycles. The lowest BCUT2D eigenvalue weighted by atomic mass is 10.0. The molecule has 6 heteroatoms. The summed E-state index contributed by atoms with van der Waals surface area (Å²) in [6.45, 7) is 11.8. The fourth-order valence-corrected chi connectivity index (χ4v) is 3.25. The molecule has 0 aliphatic carbocycles. The van der Waals surface area contributed by atoms with E-state index in [0.29, 0.717) is 6.04 Å². The van der Waals surface area contributed by atoms with Crippen molar-refractivity contribution in [2.45, 2.75) is 45.4 Å². The van der Waals surface area contributed by atoms with Gasteiger partial charge in [-0.3, -0.25) is 9.89 Å². The second kappa shape index (κ2) is 8.88. The third kappa shape index (κ3) is 6.17. The Hall–Kier alpha value is -1.30. The lowest BCUT2D eigenvalue weighted by molar-refractivity contribution is -0.0971. The zero-order chi connectivity index (χ0) is 18.4. The van der Waals surface area contributed by atoms with Gasteiger partial charge < -0.3 is 15.4 Å². The fourth-order valence-electron chi connectivity index (χ4n) is 3.12. The van der Waals surface area contributed by atoms with Crippen LogP contribution in [-0.4, -0.2) is 55.8 Å². The molecule has 1 atom stereocenters. The summed E-state index contributed by atoms with van der Waals surface area (Å²) in [6.07, 6.45) is 0. The van der Waals surface area contributed by atoms with Gasteiger partial charge in [-0.1, -0.05) is 23.7 Å². The molecule has 0 spiro atoms. The highest BCUT2D eigenvalue weighted by atomic mass is 35.5. The third-order valence-electron chi connectivity index (χ3n) is 4.26. The van der Waals surface area contributed by atoms with Crippen LogP contribution in [0.3, 0.4) is 0 Å². The van der Waals surface area contributed by atoms with Crippen LogP contribution in [0.4, 0.5) is 0 Å². The highest BCUT2D eigenvalue weighted by molar-refractivity contribution is 6.30. The van der Waals surface area contributed by atoms with Gasteiger partial charge in [0.1, 0.15) is 0 Å². The maximum absolute atomic E-state index is 6.08. The highest BCUT2D eigenvalue weighted by Crippen LogP contribution is 2.27. The Bertz CT molecular complexity index is 571. The molecule has 1 aromatic rings. The Kier molecular flexibility index (Phi) is 7.11. The summed E-state index contributed by atoms with van der Waals surface area (Å²) in [5.41, 5.74) is 1.11. The molecule has 2 rings (SSSR count). The van der Waals surface area contributed by atoms with Gasteiger partial charge in [-0.05, 0) is 45.4 Å². The van der Waals surface area contributed by atoms with E-state index in [1.165, 1.54) is 5.56 Å². The minimum Gasteiger partial charge on any atom is -0.373 e. The molecule has 1 aliphatic rings. The number of ether oxygens (including phenoxy) is 1. The number of nitrogens with one attached hydrogen (secondary N) is 2. The average molecular weight is 367 g/mol. The largest absolute Gasteiger partial charge is 0.373 e. The molecule has 1 aliphatic heterocycles. The first-order valence-electron chi connectivity index (χ1n) is 8.91. The normalized spacial score (nSPS) is 19.7. The number of morpholine rings is 1. The van der Waals surface area contributed by atoms with E-state index in [-0.39, 0.29) is 11.6 Å². The van der Waals surface area contributed by atoms with Gasteiger partial charge in [-0.15, -0.1) is 0 Å². The molecule has 1 heterocycles. The van der Waals surface area contributed by atoms with Crippen LogP contribution in [0, 0.1) is 0 Å². The first kappa shape index (κ1) is 20.0. The van der Waals surface area contributed by atoms with Gasteiger partial charge in [0, 0.05) is 37.7 Å². The molecule has 0 aromatic heterocycles. The topological polar surface area (TPSA) is 48.9 Å². The Labute approximate surface area is 156 Å². The molecular weight excluding hydrogens is 336 g/mol. The summed E-state index contributed by atoms with van der Waals surface area (Å²) in [4.78, 5) is 6.79. The Balaban J connectivity index is 2.16. The van der Waals surface area contributed by atoms with E-state index >= 15 is 0 Å². The van der Waals surface area contributed by atoms with Crippen molar-refractivity contribution in [2.24, 2.45) is 4.99 Å². The first-order valence-corrected chi connectivity index (χ1v) is 9.29. The predicted molar refractivity (Wildman–Crippen MR) is 105 cm³/mol. The van der Waals surface area contributed by atoms with Crippen LogP contribution < -0.4 is 10.6 Å². The quantitative estimate of drug-likeness (QED) is 0.621. The van der Waals surface area contributed by atoms with Crippen LogP contribution in [0.25, 0.3) is 0 Å². The van der Waals surface area contributed by atoms with Crippen LogP contribution >= 0.6 is 11.6 Å². The molecule has 0 bridgehead atoms. The standard InChI is InChI=1S/C19H31ClN4O/c1-14(2)23-18(21-5)22-12-17(15-6-8-16(20)9-7-15)24-10-11-25-19(3,4)13-24/h6-9,14,17H,10-13H2,1-5H3,(H2,21,22,23). The summed E-state index contributed by atoms with van der Waals surface area (Å²) >= 11 is 6.08. The molecule has 140 valence electrons. The van der Waals surface area contributed by atoms with E-state index in [4.69, 9.17) is 16.3 Å². The number of halogens is 1. The van der Waals surface area contributed by atoms with E-state index in [1.807, 2.05) is 12.1 Å². The van der Waals surface area contributed by atoms with E-state index in [2.05, 4.69) is 60.4 Å². The molecule has 5 nitrogen and oxygen atoms in total. The monoisotopic (exact) mass is 366 g/mol. The SMILES string of the molecule is CN=C(NCC(c1ccc(Cl)cc1)N1CCOC(C)(C)C1)NC(C)C. The zero-order valence-electron chi connectivity index (χ0n) is 16.0. The predicted octanol–water partition coefficient (Wildman–Crippen LogP) is 3.07. The van der Waals surface area contributed by atoms with E-state index in [1.54, 1.807) is 7.05 Å². The summed E-state index contributed by atoms with van der Waals surface area (Å²) in [5.74, 6) is 0.821. The van der Waals surface area contributed by atoms with Crippen molar-refractivity contribution in [3.05, 3.63) is 34.9 Å². The number of rotatable bonds is 5. The highest BCUT2D eigenvalue weighted by Gasteiger charge is 2.32. The molecule has 0 radical (unpaired) electrons. The average Bonchev–Trinajstić information content (AvgIpc) is 2.54. The van der Waals surface area contributed by atoms with Crippen LogP contribution in [0.1, 0.15) is 39.3 Å². The summed E-state index contributed by atoms with van der Waals surface area (Å²) in [7, 11) is 1.80. The fraction of sp³-hybridized carbons (Fsp3) is 0.632. The van der Waals surface area contributed by atoms with E-state index in [0.717, 1.165) is 37.2 Å². The Morgan fingerprint density at radius 2 is 2.00 bits per heavy atom. The minimum absolute atomic E-state index is 0.138. The van der Waals surface area contributed by atoms with Crippen LogP contribution in [0.15, 0.2) is 29.3 Å². The number of benzene rings is 1. The summed E-state index contributed by atoms with van der Waals surface area (Å²) in [6, 6.07) is 8.69. The van der Waals surface area contributed by atoms with Gasteiger partial charge in [-0.2, -0.15) is 0 Å². The van der Waals surface area contributed by atoms with Crippen LogP contribution in [0.5, 0.6) is 0 Å². The first-order chi connectivity index (χ1) is 11.8. The van der Waals surface area contributed by atoms with Gasteiger partial charge >= 0.3 is 0 Å². The second-order valence-corrected chi connectivity index (χ2v) is 7.83. The van der Waals surface area contributed by atoms with Crippen molar-refractivity contribution in [1.29, 1.82) is 0 Å². The number of hydrogen-bond acceptors (Lipinski definition) is 3. The van der Waals surface area contributed by atoms with Crippen molar-refractivity contribution >= 4 is 17.6 Å². The zero-order valence-corrected chi connectivity index (χ0v) is 16.7. The van der Waals surface area contributed by atoms with E-state index < -0.39 is 0 Å². The lowest BCUT2D eigenvalue weighted by Crippen LogP contribution is -2.52. The molecule has 1 unspecified atom stereocenters. The number of nitrogens with zero attached hydrogens (tertiary/aromatic N) is 2. The molecular formula is C19H31ClN4O. The van der Waals surface area contributed by atoms with Crippen molar-refractivity contribution in [1.82, 2.24) is 15.5 Å². The Morgan fingerprint density at radius 3 is 2.56 bits per heavy atom. The molecule has 0 amide bonds. The van der Waals surface area contributed by atoms with Gasteiger partial charge in [0.25, 0.3) is 0 Å². The minimum atomic E-state index is -0.138. The van der Waals surface area contributed by atoms with Crippen LogP contribution in [0.2, 0.25) is 5.02 Å². The molecule has 2 N–H and O–H groups in total. The smallest absolute Gasteiger partial charge is 0.191 e. The third-order valence-corrected chi connectivity index (χ3v) is 4.51. The molecule has 1 aromatic carbocycles. The van der Waals surface area contributed by atoms with Crippen molar-refractivity contribution in [2.75, 3.05) is 33.3 Å². The molecule has 25 heavy (non-hydrogen) atoms. The summed E-state index contributed by atoms with van der Waals surface area (Å²) in [5, 5.41) is 7.56. The molecule has 1 saturated heterocycles. The van der Waals surface area contributed by atoms with Gasteiger partial charge in [0.05, 0.1) is 18.2 Å². The van der Waals surface area contributed by atoms with Gasteiger partial charge in [0.15, 0.2) is 5.96 Å². The van der Waals surface area contributed by atoms with Crippen molar-refractivity contribution in [3.63, 3.8) is 0 Å². The van der Waals surface area contributed by atoms with Crippen molar-refractivity contribution < 1.29 is 4.74 Å². The Morgan fingerprint density at radius 1 is 1.32 bits per heavy atom. The maximum atomic E-state index is 6.08. The molecule has 1 fully saturated rings. The van der Waals surface area contributed by atoms with E-state index in [9.17, 15) is 0 Å². The summed E-state index contributed by atoms with van der Waals surface area (Å²) < 4.78 is 5.88. The number of guanidine groups is 1. The van der Waals surface area contributed by atoms with Gasteiger partial charge in [-0.25, -0.2) is 0 Å². The second-order valence-electron chi connectivity index (χ2n) is 7.40. The van der Waals surface area contributed by atoms with Crippen LogP contribution in [-0.2, 0) is 4.74 Å².